The summed E-state index contributed by atoms with van der Waals surface area (Å²) in [6.07, 6.45) is 14.9. The first-order chi connectivity index (χ1) is 56.9. The third kappa shape index (κ3) is 39.6. The van der Waals surface area contributed by atoms with Gasteiger partial charge in [-0.2, -0.15) is 35.3 Å². The molecule has 2 aromatic rings. The van der Waals surface area contributed by atoms with Crippen molar-refractivity contribution < 1.29 is 87.1 Å². The van der Waals surface area contributed by atoms with Crippen LogP contribution in [-0.2, 0) is 68.6 Å². The van der Waals surface area contributed by atoms with E-state index >= 15 is 0 Å². The summed E-state index contributed by atoms with van der Waals surface area (Å²) < 4.78 is 16.7. The number of allylic oxidation sites excluding steroid dienone is 5. The predicted molar refractivity (Wildman–Crippen MR) is 466 cm³/mol. The fourth-order valence-electron chi connectivity index (χ4n) is 13.1. The molecule has 0 bridgehead atoms. The number of rotatable bonds is 62. The summed E-state index contributed by atoms with van der Waals surface area (Å²) in [6.45, 7) is 16.9. The van der Waals surface area contributed by atoms with E-state index in [9.17, 15) is 72.9 Å². The normalized spacial score (nSPS) is 17.3. The molecule has 18 N–H and O–H groups in total. The molecule has 2 aliphatic rings. The van der Waals surface area contributed by atoms with Crippen molar-refractivity contribution in [3.8, 4) is 0 Å². The Labute approximate surface area is 715 Å². The van der Waals surface area contributed by atoms with Crippen LogP contribution >= 0.6 is 35.3 Å². The van der Waals surface area contributed by atoms with Crippen molar-refractivity contribution in [2.75, 3.05) is 88.5 Å². The van der Waals surface area contributed by atoms with Crippen molar-refractivity contribution in [1.29, 1.82) is 0 Å². The number of ketones is 1. The molecule has 0 unspecified atom stereocenters. The van der Waals surface area contributed by atoms with Crippen LogP contribution in [0.3, 0.4) is 0 Å². The first-order valence-electron chi connectivity index (χ1n) is 41.7. The number of urea groups is 1. The average Bonchev–Trinajstić information content (AvgIpc) is 1.72. The van der Waals surface area contributed by atoms with Crippen molar-refractivity contribution in [3.63, 3.8) is 0 Å². The van der Waals surface area contributed by atoms with E-state index in [-0.39, 0.29) is 120 Å². The topological polar surface area (TPSA) is 478 Å². The summed E-state index contributed by atoms with van der Waals surface area (Å²) >= 11 is 4.55. The van der Waals surface area contributed by atoms with Crippen LogP contribution in [-0.4, -0.2) is 253 Å². The molecule has 2 aromatic carbocycles. The zero-order valence-corrected chi connectivity index (χ0v) is 73.6. The number of nitrogens with two attached hydrogens (primary N) is 2. The highest BCUT2D eigenvalue weighted by Crippen LogP contribution is 2.33. The minimum atomic E-state index is -1.83. The first-order valence-corrected chi connectivity index (χ1v) is 45.3. The number of carbonyl (C=O) groups excluding carboxylic acids is 11. The van der Waals surface area contributed by atoms with E-state index in [0.717, 1.165) is 49.9 Å². The molecule has 4 rings (SSSR count). The second-order valence-electron chi connectivity index (χ2n) is 30.9. The van der Waals surface area contributed by atoms with E-state index in [1.165, 1.54) is 53.7 Å². The van der Waals surface area contributed by atoms with E-state index in [2.05, 4.69) is 91.4 Å². The minimum Gasteiger partial charge on any atom is -0.480 e. The van der Waals surface area contributed by atoms with Gasteiger partial charge >= 0.3 is 18.0 Å². The van der Waals surface area contributed by atoms with E-state index in [1.54, 1.807) is 63.2 Å². The van der Waals surface area contributed by atoms with Gasteiger partial charge in [0.2, 0.25) is 47.3 Å². The number of thioether (sulfide) groups is 3. The van der Waals surface area contributed by atoms with Crippen LogP contribution in [0.5, 0.6) is 0 Å². The molecule has 0 aromatic heterocycles. The lowest BCUT2D eigenvalue weighted by molar-refractivity contribution is -0.145. The highest BCUT2D eigenvalue weighted by Gasteiger charge is 2.43. The lowest BCUT2D eigenvalue weighted by atomic mass is 9.96. The summed E-state index contributed by atoms with van der Waals surface area (Å²) in [7, 11) is 0. The quantitative estimate of drug-likeness (QED) is 0.0137. The molecular weight excluding hydrogens is 1590 g/mol. The fourth-order valence-corrected chi connectivity index (χ4v) is 16.1. The van der Waals surface area contributed by atoms with Crippen LogP contribution in [0.1, 0.15) is 187 Å². The molecule has 0 spiro atoms. The standard InChI is InChI=1S/C85H135N13O18S3/c1-11-57(8)72(82(109)90-64(84(111)112)38-47-117-10)96-81(108)71(54(4)5)95-80(107)68(51-118-48-37-56(7)26-22-25-55(6)24-21-23-53(2)3)93-77(104)63(30-18-20-40-87)89-83(110)73(58(9)100)97-78(105)65(49-59-33-35-61(36-34-59)75(102)60-27-13-12-14-28-60)91-79(106)66(50-99)92-76(103)62(29-17-19-39-86)88-41-42-114-43-44-115-45-46-116-70(101)32-16-15-31-69-74-67(52-119-69)94-85(113)98-74/h12-14,23,25,27-28,33-37,54,57-58,62-69,71-74,88,99-100H,11,15-22,24,26,29-32,38-52,86-87H2,1-10H3,(H,89,110)(H,90,109)(H,91,106)(H,92,103)(H,93,104)(H,95,107)(H,96,108)(H,97,105)(H,111,112)(H2,94,98,113)/b55-25+,56-37+/t57-,58+,62-,63-,64-,65-,66-,67-,68-,69-,71-,72-,73-,74-/m0/s1. The summed E-state index contributed by atoms with van der Waals surface area (Å²) in [6, 6.07) is 2.29. The largest absolute Gasteiger partial charge is 0.480 e. The molecular formula is C85H135N13O18S3. The molecule has 0 radical (unpaired) electrons. The SMILES string of the molecule is CC[C@H](C)[C@H](NC(=O)[C@@H](NC(=O)[C@H](CSC/C=C(\C)CC/C=C(\C)CCC=C(C)C)NC(=O)[C@H](CCCCN)NC(=O)[C@@H](NC(=O)[C@H](Cc1ccc(C(=O)c2ccccc2)cc1)NC(=O)[C@H](CO)NC(=O)[C@H](CCCCN)NCCOCCOCCOC(=O)CCCC[C@@H]1SC[C@@H]2NC(=O)N[C@@H]21)[C@@H](C)O)C(C)C)C(=O)N[C@@H](CCSC)C(=O)O. The molecule has 14 atom stereocenters. The highest BCUT2D eigenvalue weighted by atomic mass is 32.2. The Kier molecular flexibility index (Phi) is 50.5. The molecule has 34 heteroatoms. The second kappa shape index (κ2) is 58.1. The number of unbranched alkanes of at least 4 members (excludes halogenated alkanes) is 3. The molecule has 0 saturated carbocycles. The molecule has 2 aliphatic heterocycles. The number of carboxylic acids is 1. The zero-order chi connectivity index (χ0) is 87.8. The maximum absolute atomic E-state index is 14.9. The highest BCUT2D eigenvalue weighted by molar-refractivity contribution is 8.00. The van der Waals surface area contributed by atoms with Gasteiger partial charge in [0.25, 0.3) is 0 Å². The number of ether oxygens (including phenoxy) is 3. The molecule has 2 fully saturated rings. The van der Waals surface area contributed by atoms with Crippen molar-refractivity contribution in [3.05, 3.63) is 106 Å². The third-order valence-electron chi connectivity index (χ3n) is 20.5. The van der Waals surface area contributed by atoms with Gasteiger partial charge in [0.1, 0.15) is 54.9 Å². The monoisotopic (exact) mass is 1720 g/mol. The number of hydrogen-bond donors (Lipinski definition) is 16. The number of carboxylic acid groups (broad SMARTS) is 1. The summed E-state index contributed by atoms with van der Waals surface area (Å²) in [5.41, 5.74) is 16.5. The summed E-state index contributed by atoms with van der Waals surface area (Å²) in [4.78, 5) is 166. The van der Waals surface area contributed by atoms with Crippen LogP contribution in [0.2, 0.25) is 0 Å². The van der Waals surface area contributed by atoms with Gasteiger partial charge in [0, 0.05) is 53.0 Å². The van der Waals surface area contributed by atoms with Crippen molar-refractivity contribution in [2.45, 2.75) is 249 Å². The molecule has 119 heavy (non-hydrogen) atoms. The molecule has 0 aliphatic carbocycles. The van der Waals surface area contributed by atoms with Gasteiger partial charge in [0.05, 0.1) is 57.3 Å². The number of aliphatic hydroxyl groups excluding tert-OH is 2. The van der Waals surface area contributed by atoms with Gasteiger partial charge in [-0.05, 0) is 154 Å². The average molecular weight is 1720 g/mol. The Balaban J connectivity index is 1.54. The molecule has 666 valence electrons. The Bertz CT molecular complexity index is 3590. The van der Waals surface area contributed by atoms with Crippen molar-refractivity contribution in [1.82, 2.24) is 58.5 Å². The lowest BCUT2D eigenvalue weighted by Crippen LogP contribution is -2.63. The number of aliphatic hydroxyl groups is 2. The van der Waals surface area contributed by atoms with Gasteiger partial charge in [-0.15, -0.1) is 0 Å². The third-order valence-corrected chi connectivity index (χ3v) is 23.6. The van der Waals surface area contributed by atoms with Crippen LogP contribution in [0.4, 0.5) is 4.79 Å². The first kappa shape index (κ1) is 103. The number of aliphatic carboxylic acids is 1. The van der Waals surface area contributed by atoms with Crippen molar-refractivity contribution in [2.24, 2.45) is 23.3 Å². The number of fused-ring (bicyclic) bond motifs is 1. The Hall–Kier alpha value is -7.93. The van der Waals surface area contributed by atoms with Gasteiger partial charge in [-0.25, -0.2) is 9.59 Å². The van der Waals surface area contributed by atoms with Crippen LogP contribution in [0.15, 0.2) is 89.5 Å². The van der Waals surface area contributed by atoms with E-state index in [0.29, 0.717) is 72.1 Å². The fraction of sp³-hybridized carbons (Fsp3) is 0.647. The number of benzene rings is 2. The number of nitrogens with one attached hydrogen (secondary N) is 11. The smallest absolute Gasteiger partial charge is 0.326 e. The van der Waals surface area contributed by atoms with E-state index < -0.39 is 132 Å². The maximum Gasteiger partial charge on any atom is 0.326 e. The van der Waals surface area contributed by atoms with E-state index in [1.807, 2.05) is 37.9 Å². The molecule has 2 saturated heterocycles. The molecule has 31 nitrogen and oxygen atoms in total. The Morgan fingerprint density at radius 2 is 1.13 bits per heavy atom. The van der Waals surface area contributed by atoms with Gasteiger partial charge in [0.15, 0.2) is 5.78 Å². The maximum atomic E-state index is 14.9. The van der Waals surface area contributed by atoms with Gasteiger partial charge < -0.3 is 99.5 Å². The van der Waals surface area contributed by atoms with Crippen LogP contribution < -0.4 is 70.0 Å². The van der Waals surface area contributed by atoms with Gasteiger partial charge in [-0.3, -0.25) is 47.9 Å². The van der Waals surface area contributed by atoms with Crippen molar-refractivity contribution >= 4 is 106 Å². The Morgan fingerprint density at radius 1 is 0.588 bits per heavy atom. The van der Waals surface area contributed by atoms with E-state index in [4.69, 9.17) is 25.7 Å². The minimum absolute atomic E-state index is 0.0471. The number of hydrogen-bond acceptors (Lipinski definition) is 23. The lowest BCUT2D eigenvalue weighted by Gasteiger charge is -2.30. The van der Waals surface area contributed by atoms with Crippen LogP contribution in [0, 0.1) is 11.8 Å². The van der Waals surface area contributed by atoms with Crippen LogP contribution in [0.25, 0.3) is 0 Å². The predicted octanol–water partition coefficient (Wildman–Crippen LogP) is 4.92. The number of amides is 10. The summed E-state index contributed by atoms with van der Waals surface area (Å²) in [5, 5.41) is 62.9. The number of carbonyl (C=O) groups is 12. The summed E-state index contributed by atoms with van der Waals surface area (Å²) in [5.74, 6) is -8.14. The van der Waals surface area contributed by atoms with Gasteiger partial charge in [-0.1, -0.05) is 137 Å². The zero-order valence-electron chi connectivity index (χ0n) is 71.1. The number of esters is 1. The molecule has 2 heterocycles. The second-order valence-corrected chi connectivity index (χ2v) is 34.3. The Morgan fingerprint density at radius 3 is 1.76 bits per heavy atom. The molecule has 10 amide bonds.